The Labute approximate surface area is 112 Å². The van der Waals surface area contributed by atoms with Gasteiger partial charge in [0.1, 0.15) is 11.2 Å². The predicted octanol–water partition coefficient (Wildman–Crippen LogP) is 2.78. The molecule has 2 rings (SSSR count). The maximum absolute atomic E-state index is 10.9. The zero-order chi connectivity index (χ0) is 13.0. The minimum Gasteiger partial charge on any atom is -0.382 e. The van der Waals surface area contributed by atoms with Crippen molar-refractivity contribution < 1.29 is 4.92 Å². The van der Waals surface area contributed by atoms with Crippen molar-refractivity contribution in [2.75, 3.05) is 12.4 Å². The molecule has 0 saturated heterocycles. The maximum Gasteiger partial charge on any atom is 0.292 e. The lowest BCUT2D eigenvalue weighted by atomic mass is 10.1. The first kappa shape index (κ1) is 12.8. The summed E-state index contributed by atoms with van der Waals surface area (Å²) in [6.45, 7) is 0. The summed E-state index contributed by atoms with van der Waals surface area (Å²) in [7, 11) is 1.68. The Kier molecular flexibility index (Phi) is 4.11. The van der Waals surface area contributed by atoms with Crippen LogP contribution in [-0.4, -0.2) is 22.2 Å². The average Bonchev–Trinajstić information content (AvgIpc) is 2.88. The van der Waals surface area contributed by atoms with Crippen LogP contribution in [0.2, 0.25) is 0 Å². The fourth-order valence-electron chi connectivity index (χ4n) is 1.51. The van der Waals surface area contributed by atoms with Crippen LogP contribution in [0.3, 0.4) is 0 Å². The second-order valence-corrected chi connectivity index (χ2v) is 5.37. The Morgan fingerprint density at radius 3 is 3.00 bits per heavy atom. The minimum absolute atomic E-state index is 0.0906. The van der Waals surface area contributed by atoms with Gasteiger partial charge >= 0.3 is 0 Å². The van der Waals surface area contributed by atoms with Gasteiger partial charge in [-0.15, -0.1) is 10.2 Å². The molecule has 1 N–H and O–H groups in total. The summed E-state index contributed by atoms with van der Waals surface area (Å²) < 4.78 is 0.851. The van der Waals surface area contributed by atoms with Crippen molar-refractivity contribution in [3.63, 3.8) is 0 Å². The number of nitrogens with one attached hydrogen (secondary N) is 1. The average molecular weight is 282 g/mol. The SMILES string of the molecule is CNc1c(CSc2nncs2)cccc1[N+](=O)[O-]. The van der Waals surface area contributed by atoms with Gasteiger partial charge in [0.05, 0.1) is 4.92 Å². The fourth-order valence-corrected chi connectivity index (χ4v) is 2.99. The smallest absolute Gasteiger partial charge is 0.292 e. The Balaban J connectivity index is 2.22. The van der Waals surface area contributed by atoms with E-state index in [4.69, 9.17) is 0 Å². The van der Waals surface area contributed by atoms with Crippen LogP contribution in [0.15, 0.2) is 28.0 Å². The molecular formula is C10H10N4O2S2. The molecule has 2 aromatic rings. The first-order valence-electron chi connectivity index (χ1n) is 5.05. The molecule has 0 spiro atoms. The highest BCUT2D eigenvalue weighted by molar-refractivity contribution is 8.00. The summed E-state index contributed by atoms with van der Waals surface area (Å²) in [6.07, 6.45) is 0. The lowest BCUT2D eigenvalue weighted by molar-refractivity contribution is -0.384. The van der Waals surface area contributed by atoms with Crippen LogP contribution < -0.4 is 5.32 Å². The third-order valence-corrected chi connectivity index (χ3v) is 4.18. The number of aromatic nitrogens is 2. The van der Waals surface area contributed by atoms with E-state index in [1.807, 2.05) is 6.07 Å². The van der Waals surface area contributed by atoms with Gasteiger partial charge in [-0.25, -0.2) is 0 Å². The van der Waals surface area contributed by atoms with Gasteiger partial charge in [-0.2, -0.15) is 0 Å². The maximum atomic E-state index is 10.9. The molecule has 0 atom stereocenters. The molecule has 1 aromatic heterocycles. The number of anilines is 1. The van der Waals surface area contributed by atoms with E-state index in [-0.39, 0.29) is 10.6 Å². The molecule has 0 radical (unpaired) electrons. The van der Waals surface area contributed by atoms with Crippen LogP contribution in [0.1, 0.15) is 5.56 Å². The second kappa shape index (κ2) is 5.78. The minimum atomic E-state index is -0.384. The Hall–Kier alpha value is -1.67. The van der Waals surface area contributed by atoms with Gasteiger partial charge in [0.25, 0.3) is 5.69 Å². The molecule has 0 amide bonds. The molecule has 1 aromatic carbocycles. The number of benzene rings is 1. The zero-order valence-corrected chi connectivity index (χ0v) is 11.1. The lowest BCUT2D eigenvalue weighted by Gasteiger charge is -2.08. The molecule has 0 aliphatic carbocycles. The number of rotatable bonds is 5. The number of nitro groups is 1. The van der Waals surface area contributed by atoms with E-state index in [1.165, 1.54) is 29.2 Å². The largest absolute Gasteiger partial charge is 0.382 e. The molecule has 94 valence electrons. The van der Waals surface area contributed by atoms with E-state index >= 15 is 0 Å². The van der Waals surface area contributed by atoms with E-state index in [9.17, 15) is 10.1 Å². The molecule has 1 heterocycles. The summed E-state index contributed by atoms with van der Waals surface area (Å²) in [5.41, 5.74) is 3.19. The summed E-state index contributed by atoms with van der Waals surface area (Å²) >= 11 is 2.97. The van der Waals surface area contributed by atoms with Crippen LogP contribution >= 0.6 is 23.1 Å². The predicted molar refractivity (Wildman–Crippen MR) is 72.1 cm³/mol. The highest BCUT2D eigenvalue weighted by Crippen LogP contribution is 2.32. The molecule has 0 bridgehead atoms. The van der Waals surface area contributed by atoms with Gasteiger partial charge in [0.2, 0.25) is 0 Å². The molecule has 0 aliphatic heterocycles. The summed E-state index contributed by atoms with van der Waals surface area (Å²) in [5, 5.41) is 21.5. The fraction of sp³-hybridized carbons (Fsp3) is 0.200. The van der Waals surface area contributed by atoms with Crippen molar-refractivity contribution in [3.8, 4) is 0 Å². The van der Waals surface area contributed by atoms with Gasteiger partial charge in [-0.05, 0) is 5.56 Å². The molecule has 0 aliphatic rings. The number of thioether (sulfide) groups is 1. The van der Waals surface area contributed by atoms with E-state index < -0.39 is 0 Å². The van der Waals surface area contributed by atoms with Crippen LogP contribution in [0.4, 0.5) is 11.4 Å². The van der Waals surface area contributed by atoms with Crippen LogP contribution in [0, 0.1) is 10.1 Å². The Bertz CT molecular complexity index is 545. The van der Waals surface area contributed by atoms with Gasteiger partial charge in [-0.3, -0.25) is 10.1 Å². The molecule has 0 unspecified atom stereocenters. The summed E-state index contributed by atoms with van der Waals surface area (Å²) in [5.74, 6) is 0.618. The number of nitro benzene ring substituents is 1. The van der Waals surface area contributed by atoms with Gasteiger partial charge in [0, 0.05) is 18.9 Å². The second-order valence-electron chi connectivity index (χ2n) is 3.31. The Morgan fingerprint density at radius 1 is 1.56 bits per heavy atom. The van der Waals surface area contributed by atoms with Crippen molar-refractivity contribution in [1.29, 1.82) is 0 Å². The van der Waals surface area contributed by atoms with Crippen LogP contribution in [0.5, 0.6) is 0 Å². The van der Waals surface area contributed by atoms with Gasteiger partial charge < -0.3 is 5.32 Å². The van der Waals surface area contributed by atoms with Crippen molar-refractivity contribution in [2.24, 2.45) is 0 Å². The normalized spacial score (nSPS) is 10.3. The number of nitrogens with zero attached hydrogens (tertiary/aromatic N) is 3. The molecule has 18 heavy (non-hydrogen) atoms. The topological polar surface area (TPSA) is 81.0 Å². The molecule has 8 heteroatoms. The van der Waals surface area contributed by atoms with Crippen molar-refractivity contribution >= 4 is 34.5 Å². The molecule has 0 fully saturated rings. The highest BCUT2D eigenvalue weighted by atomic mass is 32.2. The quantitative estimate of drug-likeness (QED) is 0.516. The third-order valence-electron chi connectivity index (χ3n) is 2.27. The van der Waals surface area contributed by atoms with Crippen molar-refractivity contribution in [2.45, 2.75) is 10.1 Å². The number of hydrogen-bond donors (Lipinski definition) is 1. The van der Waals surface area contributed by atoms with Crippen LogP contribution in [-0.2, 0) is 5.75 Å². The monoisotopic (exact) mass is 282 g/mol. The molecular weight excluding hydrogens is 272 g/mol. The lowest BCUT2D eigenvalue weighted by Crippen LogP contribution is -2.00. The van der Waals surface area contributed by atoms with E-state index in [2.05, 4.69) is 15.5 Å². The zero-order valence-electron chi connectivity index (χ0n) is 9.49. The first-order valence-corrected chi connectivity index (χ1v) is 6.92. The van der Waals surface area contributed by atoms with Gasteiger partial charge in [0.15, 0.2) is 4.34 Å². The van der Waals surface area contributed by atoms with Crippen molar-refractivity contribution in [3.05, 3.63) is 39.4 Å². The number of hydrogen-bond acceptors (Lipinski definition) is 7. The van der Waals surface area contributed by atoms with Gasteiger partial charge in [-0.1, -0.05) is 35.2 Å². The van der Waals surface area contributed by atoms with E-state index in [1.54, 1.807) is 18.6 Å². The van der Waals surface area contributed by atoms with Crippen molar-refractivity contribution in [1.82, 2.24) is 10.2 Å². The van der Waals surface area contributed by atoms with E-state index in [0.29, 0.717) is 11.4 Å². The summed E-state index contributed by atoms with van der Waals surface area (Å²) in [6, 6.07) is 5.05. The highest BCUT2D eigenvalue weighted by Gasteiger charge is 2.16. The van der Waals surface area contributed by atoms with Crippen LogP contribution in [0.25, 0.3) is 0 Å². The first-order chi connectivity index (χ1) is 8.72. The van der Waals surface area contributed by atoms with E-state index in [0.717, 1.165) is 9.90 Å². The summed E-state index contributed by atoms with van der Waals surface area (Å²) in [4.78, 5) is 10.5. The Morgan fingerprint density at radius 2 is 2.39 bits per heavy atom. The standard InChI is InChI=1S/C10H10N4O2S2/c1-11-9-7(3-2-4-8(9)14(15)16)5-17-10-13-12-6-18-10/h2-4,6,11H,5H2,1H3. The molecule has 6 nitrogen and oxygen atoms in total. The number of para-hydroxylation sites is 1. The third kappa shape index (κ3) is 2.77. The molecule has 0 saturated carbocycles.